The fraction of sp³-hybridized carbons (Fsp3) is 1.00. The Morgan fingerprint density at radius 2 is 1.53 bits per heavy atom. The first kappa shape index (κ1) is 17.5. The van der Waals surface area contributed by atoms with Gasteiger partial charge in [0.2, 0.25) is 0 Å². The summed E-state index contributed by atoms with van der Waals surface area (Å²) < 4.78 is 5.40. The van der Waals surface area contributed by atoms with Crippen molar-refractivity contribution in [3.63, 3.8) is 0 Å². The lowest BCUT2D eigenvalue weighted by atomic mass is 10.3. The van der Waals surface area contributed by atoms with Gasteiger partial charge in [-0.25, -0.2) is 0 Å². The first-order valence-corrected chi connectivity index (χ1v) is 8.21. The molecule has 0 amide bonds. The van der Waals surface area contributed by atoms with Crippen LogP contribution in [0.25, 0.3) is 0 Å². The van der Waals surface area contributed by atoms with Gasteiger partial charge in [-0.1, -0.05) is 6.92 Å². The van der Waals surface area contributed by atoms with Crippen molar-refractivity contribution in [2.75, 3.05) is 42.8 Å². The van der Waals surface area contributed by atoms with E-state index < -0.39 is 6.10 Å². The number of hydrogen-bond acceptors (Lipinski definition) is 6. The average Bonchev–Trinajstić information content (AvgIpc) is 2.35. The molecule has 17 heavy (non-hydrogen) atoms. The third-order valence-corrected chi connectivity index (χ3v) is 4.20. The summed E-state index contributed by atoms with van der Waals surface area (Å²) in [6, 6.07) is 0. The molecule has 0 spiro atoms. The molecule has 4 nitrogen and oxygen atoms in total. The average molecular weight is 284 g/mol. The lowest BCUT2D eigenvalue weighted by molar-refractivity contribution is 0.113. The van der Waals surface area contributed by atoms with E-state index in [0.717, 1.165) is 23.7 Å². The van der Waals surface area contributed by atoms with Gasteiger partial charge in [-0.05, 0) is 6.42 Å². The van der Waals surface area contributed by atoms with Gasteiger partial charge in [0.05, 0.1) is 32.0 Å². The minimum atomic E-state index is -0.619. The van der Waals surface area contributed by atoms with Crippen LogP contribution in [-0.2, 0) is 4.74 Å². The van der Waals surface area contributed by atoms with Crippen molar-refractivity contribution in [3.8, 4) is 0 Å². The van der Waals surface area contributed by atoms with Crippen molar-refractivity contribution in [3.05, 3.63) is 0 Å². The highest BCUT2D eigenvalue weighted by Crippen LogP contribution is 2.06. The quantitative estimate of drug-likeness (QED) is 0.456. The van der Waals surface area contributed by atoms with E-state index in [9.17, 15) is 5.11 Å². The molecule has 2 unspecified atom stereocenters. The molecule has 0 saturated heterocycles. The molecule has 0 radical (unpaired) electrons. The molecule has 0 aliphatic rings. The summed E-state index contributed by atoms with van der Waals surface area (Å²) in [5.41, 5.74) is 0. The molecule has 0 fully saturated rings. The zero-order chi connectivity index (χ0) is 12.9. The highest BCUT2D eigenvalue weighted by molar-refractivity contribution is 7.99. The Balaban J connectivity index is 3.04. The summed E-state index contributed by atoms with van der Waals surface area (Å²) in [6.07, 6.45) is -0.0147. The number of ether oxygens (including phenoxy) is 1. The largest absolute Gasteiger partial charge is 0.394 e. The molecular weight excluding hydrogens is 260 g/mol. The van der Waals surface area contributed by atoms with E-state index in [1.54, 1.807) is 23.5 Å². The van der Waals surface area contributed by atoms with Gasteiger partial charge in [0.15, 0.2) is 0 Å². The van der Waals surface area contributed by atoms with Crippen molar-refractivity contribution in [1.82, 2.24) is 0 Å². The maximum absolute atomic E-state index is 9.30. The Bertz CT molecular complexity index is 144. The highest BCUT2D eigenvalue weighted by atomic mass is 32.2. The third-order valence-electron chi connectivity index (χ3n) is 2.05. The third kappa shape index (κ3) is 12.8. The number of thioether (sulfide) groups is 2. The topological polar surface area (TPSA) is 69.9 Å². The Labute approximate surface area is 112 Å². The van der Waals surface area contributed by atoms with Crippen LogP contribution in [0.2, 0.25) is 0 Å². The standard InChI is InChI=1S/C11H24O4S2/c1-2-10(13)8-16-5-3-15-4-6-17-9-11(14)7-12/h10-14H,2-9H2,1H3. The predicted molar refractivity (Wildman–Crippen MR) is 74.9 cm³/mol. The number of hydrogen-bond donors (Lipinski definition) is 3. The monoisotopic (exact) mass is 284 g/mol. The van der Waals surface area contributed by atoms with Crippen LogP contribution in [0.3, 0.4) is 0 Å². The van der Waals surface area contributed by atoms with E-state index in [4.69, 9.17) is 14.9 Å². The van der Waals surface area contributed by atoms with Gasteiger partial charge in [-0.3, -0.25) is 0 Å². The normalized spacial score (nSPS) is 14.8. The fourth-order valence-corrected chi connectivity index (χ4v) is 2.64. The van der Waals surface area contributed by atoms with E-state index in [-0.39, 0.29) is 12.7 Å². The van der Waals surface area contributed by atoms with Crippen LogP contribution in [0.4, 0.5) is 0 Å². The van der Waals surface area contributed by atoms with Crippen LogP contribution in [0, 0.1) is 0 Å². The number of aliphatic hydroxyl groups is 3. The lowest BCUT2D eigenvalue weighted by Gasteiger charge is -2.08. The van der Waals surface area contributed by atoms with Gasteiger partial charge in [0.1, 0.15) is 0 Å². The molecule has 3 N–H and O–H groups in total. The van der Waals surface area contributed by atoms with E-state index in [1.165, 1.54) is 0 Å². The summed E-state index contributed by atoms with van der Waals surface area (Å²) >= 11 is 3.28. The smallest absolute Gasteiger partial charge is 0.0861 e. The minimum absolute atomic E-state index is 0.176. The van der Waals surface area contributed by atoms with Crippen LogP contribution < -0.4 is 0 Å². The van der Waals surface area contributed by atoms with E-state index in [0.29, 0.717) is 19.0 Å². The molecule has 0 saturated carbocycles. The summed E-state index contributed by atoms with van der Waals surface area (Å²) in [7, 11) is 0. The number of rotatable bonds is 12. The Morgan fingerprint density at radius 3 is 2.00 bits per heavy atom. The van der Waals surface area contributed by atoms with Gasteiger partial charge in [0, 0.05) is 23.0 Å². The van der Waals surface area contributed by atoms with Crippen molar-refractivity contribution in [1.29, 1.82) is 0 Å². The van der Waals surface area contributed by atoms with E-state index in [2.05, 4.69) is 0 Å². The molecule has 2 atom stereocenters. The van der Waals surface area contributed by atoms with Crippen LogP contribution in [-0.4, -0.2) is 70.4 Å². The second-order valence-corrected chi connectivity index (χ2v) is 5.96. The summed E-state index contributed by atoms with van der Waals surface area (Å²) in [5, 5.41) is 26.9. The molecule has 0 aliphatic heterocycles. The molecule has 0 bridgehead atoms. The first-order chi connectivity index (χ1) is 8.20. The second kappa shape index (κ2) is 13.0. The Morgan fingerprint density at radius 1 is 1.00 bits per heavy atom. The summed E-state index contributed by atoms with van der Waals surface area (Å²) in [5.74, 6) is 3.06. The zero-order valence-corrected chi connectivity index (χ0v) is 12.0. The van der Waals surface area contributed by atoms with Gasteiger partial charge >= 0.3 is 0 Å². The highest BCUT2D eigenvalue weighted by Gasteiger charge is 2.01. The zero-order valence-electron chi connectivity index (χ0n) is 10.4. The second-order valence-electron chi connectivity index (χ2n) is 3.66. The van der Waals surface area contributed by atoms with Crippen molar-refractivity contribution < 1.29 is 20.1 Å². The molecular formula is C11H24O4S2. The molecule has 0 rings (SSSR count). The predicted octanol–water partition coefficient (Wildman–Crippen LogP) is 0.593. The van der Waals surface area contributed by atoms with Crippen LogP contribution in [0.15, 0.2) is 0 Å². The summed E-state index contributed by atoms with van der Waals surface area (Å²) in [4.78, 5) is 0. The van der Waals surface area contributed by atoms with Crippen molar-refractivity contribution in [2.45, 2.75) is 25.6 Å². The van der Waals surface area contributed by atoms with E-state index >= 15 is 0 Å². The van der Waals surface area contributed by atoms with Crippen LogP contribution in [0.5, 0.6) is 0 Å². The maximum Gasteiger partial charge on any atom is 0.0861 e. The Hall–Kier alpha value is 0.540. The van der Waals surface area contributed by atoms with Gasteiger partial charge in [-0.2, -0.15) is 23.5 Å². The molecule has 0 aliphatic carbocycles. The minimum Gasteiger partial charge on any atom is -0.394 e. The molecule has 6 heteroatoms. The Kier molecular flexibility index (Phi) is 13.4. The van der Waals surface area contributed by atoms with Crippen LogP contribution >= 0.6 is 23.5 Å². The molecule has 0 aromatic rings. The van der Waals surface area contributed by atoms with Crippen molar-refractivity contribution in [2.24, 2.45) is 0 Å². The van der Waals surface area contributed by atoms with E-state index in [1.807, 2.05) is 6.92 Å². The molecule has 0 aromatic carbocycles. The molecule has 0 aromatic heterocycles. The number of aliphatic hydroxyl groups excluding tert-OH is 3. The fourth-order valence-electron chi connectivity index (χ4n) is 0.947. The van der Waals surface area contributed by atoms with Gasteiger partial charge < -0.3 is 20.1 Å². The molecule has 0 heterocycles. The first-order valence-electron chi connectivity index (χ1n) is 5.90. The molecule has 104 valence electrons. The lowest BCUT2D eigenvalue weighted by Crippen LogP contribution is -2.15. The SMILES string of the molecule is CCC(O)CSCCOCCSCC(O)CO. The van der Waals surface area contributed by atoms with Gasteiger partial charge in [-0.15, -0.1) is 0 Å². The maximum atomic E-state index is 9.30. The van der Waals surface area contributed by atoms with Crippen LogP contribution in [0.1, 0.15) is 13.3 Å². The van der Waals surface area contributed by atoms with Crippen molar-refractivity contribution >= 4 is 23.5 Å². The summed E-state index contributed by atoms with van der Waals surface area (Å²) in [6.45, 7) is 3.16. The van der Waals surface area contributed by atoms with Gasteiger partial charge in [0.25, 0.3) is 0 Å².